The first-order valence-electron chi connectivity index (χ1n) is 9.45. The number of methoxy groups -OCH3 is 1. The molecule has 3 rings (SSSR count). The standard InChI is InChI=1S/C22H18F5N3O3/c1-13-18(22(25,26)27)20(30(29-13)15-8-4-3-5-9-15)28-17(31)12-11-14-7-6-10-16(32-2)19(14)33-21(23)24/h3-12,21H,1-2H3,(H,28,31)/b12-11+. The number of amides is 1. The molecule has 0 fully saturated rings. The first-order valence-corrected chi connectivity index (χ1v) is 9.45. The van der Waals surface area contributed by atoms with Crippen LogP contribution in [0.3, 0.4) is 0 Å². The first-order chi connectivity index (χ1) is 15.6. The minimum atomic E-state index is -4.78. The van der Waals surface area contributed by atoms with Gasteiger partial charge in [-0.25, -0.2) is 4.68 Å². The highest BCUT2D eigenvalue weighted by molar-refractivity contribution is 6.02. The summed E-state index contributed by atoms with van der Waals surface area (Å²) >= 11 is 0. The molecule has 11 heteroatoms. The second-order valence-electron chi connectivity index (χ2n) is 6.63. The van der Waals surface area contributed by atoms with Crippen molar-refractivity contribution in [2.75, 3.05) is 12.4 Å². The van der Waals surface area contributed by atoms with E-state index in [0.717, 1.165) is 16.8 Å². The number of rotatable bonds is 7. The Kier molecular flexibility index (Phi) is 7.00. The predicted octanol–water partition coefficient (Wildman–Crippen LogP) is 5.46. The van der Waals surface area contributed by atoms with E-state index in [1.807, 2.05) is 0 Å². The lowest BCUT2D eigenvalue weighted by atomic mass is 10.1. The van der Waals surface area contributed by atoms with Gasteiger partial charge in [-0.3, -0.25) is 4.79 Å². The van der Waals surface area contributed by atoms with Crippen LogP contribution >= 0.6 is 0 Å². The van der Waals surface area contributed by atoms with Crippen molar-refractivity contribution in [2.24, 2.45) is 0 Å². The molecular weight excluding hydrogens is 449 g/mol. The van der Waals surface area contributed by atoms with Gasteiger partial charge in [-0.1, -0.05) is 30.3 Å². The molecule has 0 spiro atoms. The van der Waals surface area contributed by atoms with Crippen LogP contribution in [0, 0.1) is 6.92 Å². The third kappa shape index (κ3) is 5.48. The van der Waals surface area contributed by atoms with Crippen molar-refractivity contribution in [3.05, 3.63) is 71.4 Å². The number of anilines is 1. The lowest BCUT2D eigenvalue weighted by molar-refractivity contribution is -0.137. The summed E-state index contributed by atoms with van der Waals surface area (Å²) in [6.07, 6.45) is -2.77. The number of aromatic nitrogens is 2. The van der Waals surface area contributed by atoms with E-state index in [1.165, 1.54) is 44.4 Å². The Balaban J connectivity index is 1.97. The zero-order valence-electron chi connectivity index (χ0n) is 17.4. The topological polar surface area (TPSA) is 65.4 Å². The molecule has 1 amide bonds. The summed E-state index contributed by atoms with van der Waals surface area (Å²) in [5, 5.41) is 6.12. The van der Waals surface area contributed by atoms with Crippen LogP contribution in [-0.2, 0) is 11.0 Å². The van der Waals surface area contributed by atoms with E-state index in [1.54, 1.807) is 18.2 Å². The van der Waals surface area contributed by atoms with Crippen molar-refractivity contribution < 1.29 is 36.2 Å². The fourth-order valence-electron chi connectivity index (χ4n) is 3.10. The summed E-state index contributed by atoms with van der Waals surface area (Å²) in [5.41, 5.74) is -1.06. The summed E-state index contributed by atoms with van der Waals surface area (Å²) in [7, 11) is 1.25. The molecule has 0 bridgehead atoms. The average Bonchev–Trinajstić information content (AvgIpc) is 3.09. The quantitative estimate of drug-likeness (QED) is 0.370. The number of aryl methyl sites for hydroxylation is 1. The smallest absolute Gasteiger partial charge is 0.421 e. The highest BCUT2D eigenvalue weighted by Crippen LogP contribution is 2.38. The van der Waals surface area contributed by atoms with Gasteiger partial charge in [-0.15, -0.1) is 0 Å². The van der Waals surface area contributed by atoms with Gasteiger partial charge in [0.1, 0.15) is 11.4 Å². The molecule has 0 unspecified atom stereocenters. The molecule has 174 valence electrons. The molecule has 0 aliphatic heterocycles. The predicted molar refractivity (Wildman–Crippen MR) is 111 cm³/mol. The minimum Gasteiger partial charge on any atom is -0.493 e. The molecule has 1 heterocycles. The molecule has 0 atom stereocenters. The van der Waals surface area contributed by atoms with Crippen molar-refractivity contribution in [1.29, 1.82) is 0 Å². The Bertz CT molecular complexity index is 1160. The second kappa shape index (κ2) is 9.72. The summed E-state index contributed by atoms with van der Waals surface area (Å²) in [6, 6.07) is 12.2. The fraction of sp³-hybridized carbons (Fsp3) is 0.182. The van der Waals surface area contributed by atoms with Crippen LogP contribution in [-0.4, -0.2) is 29.4 Å². The number of nitrogens with one attached hydrogen (secondary N) is 1. The molecule has 6 nitrogen and oxygen atoms in total. The molecule has 3 aromatic rings. The Morgan fingerprint density at radius 2 is 1.82 bits per heavy atom. The number of carbonyl (C=O) groups excluding carboxylic acids is 1. The number of carbonyl (C=O) groups is 1. The van der Waals surface area contributed by atoms with Gasteiger partial charge in [0.15, 0.2) is 11.5 Å². The van der Waals surface area contributed by atoms with Gasteiger partial charge >= 0.3 is 12.8 Å². The van der Waals surface area contributed by atoms with Gasteiger partial charge in [-0.05, 0) is 31.2 Å². The number of halogens is 5. The normalized spacial score (nSPS) is 11.8. The van der Waals surface area contributed by atoms with E-state index in [2.05, 4.69) is 15.2 Å². The minimum absolute atomic E-state index is 0.00463. The molecule has 0 aliphatic rings. The summed E-state index contributed by atoms with van der Waals surface area (Å²) in [4.78, 5) is 12.5. The molecule has 0 saturated carbocycles. The zero-order valence-corrected chi connectivity index (χ0v) is 17.4. The number of ether oxygens (including phenoxy) is 2. The van der Waals surface area contributed by atoms with Crippen LogP contribution in [0.2, 0.25) is 0 Å². The molecule has 0 radical (unpaired) electrons. The van der Waals surface area contributed by atoms with Crippen LogP contribution in [0.5, 0.6) is 11.5 Å². The average molecular weight is 467 g/mol. The molecule has 2 aromatic carbocycles. The van der Waals surface area contributed by atoms with E-state index >= 15 is 0 Å². The number of alkyl halides is 5. The van der Waals surface area contributed by atoms with Crippen molar-refractivity contribution in [3.63, 3.8) is 0 Å². The van der Waals surface area contributed by atoms with Crippen molar-refractivity contribution >= 4 is 17.8 Å². The zero-order chi connectivity index (χ0) is 24.2. The lowest BCUT2D eigenvalue weighted by Gasteiger charge is -2.13. The van der Waals surface area contributed by atoms with Gasteiger partial charge in [0.25, 0.3) is 0 Å². The Morgan fingerprint density at radius 1 is 1.12 bits per heavy atom. The summed E-state index contributed by atoms with van der Waals surface area (Å²) in [5.74, 6) is -1.84. The molecule has 1 N–H and O–H groups in total. The Morgan fingerprint density at radius 3 is 2.42 bits per heavy atom. The van der Waals surface area contributed by atoms with Crippen LogP contribution in [0.25, 0.3) is 11.8 Å². The van der Waals surface area contributed by atoms with Crippen molar-refractivity contribution in [2.45, 2.75) is 19.7 Å². The molecule has 33 heavy (non-hydrogen) atoms. The van der Waals surface area contributed by atoms with Crippen LogP contribution in [0.15, 0.2) is 54.6 Å². The number of hydrogen-bond acceptors (Lipinski definition) is 4. The van der Waals surface area contributed by atoms with Crippen LogP contribution in [0.4, 0.5) is 27.8 Å². The number of benzene rings is 2. The summed E-state index contributed by atoms with van der Waals surface area (Å²) < 4.78 is 77.0. The maximum atomic E-state index is 13.7. The molecule has 0 saturated heterocycles. The van der Waals surface area contributed by atoms with E-state index in [9.17, 15) is 26.7 Å². The van der Waals surface area contributed by atoms with Crippen LogP contribution < -0.4 is 14.8 Å². The van der Waals surface area contributed by atoms with Crippen molar-refractivity contribution in [3.8, 4) is 17.2 Å². The number of para-hydroxylation sites is 2. The molecule has 1 aromatic heterocycles. The monoisotopic (exact) mass is 467 g/mol. The van der Waals surface area contributed by atoms with E-state index in [0.29, 0.717) is 5.69 Å². The van der Waals surface area contributed by atoms with E-state index in [4.69, 9.17) is 4.74 Å². The highest BCUT2D eigenvalue weighted by atomic mass is 19.4. The Hall–Kier alpha value is -3.89. The number of hydrogen-bond donors (Lipinski definition) is 1. The molecular formula is C22H18F5N3O3. The third-order valence-electron chi connectivity index (χ3n) is 4.44. The third-order valence-corrected chi connectivity index (χ3v) is 4.44. The van der Waals surface area contributed by atoms with Crippen LogP contribution in [0.1, 0.15) is 16.8 Å². The highest BCUT2D eigenvalue weighted by Gasteiger charge is 2.39. The number of nitrogens with zero attached hydrogens (tertiary/aromatic N) is 2. The fourth-order valence-corrected chi connectivity index (χ4v) is 3.10. The van der Waals surface area contributed by atoms with E-state index < -0.39 is 30.1 Å². The van der Waals surface area contributed by atoms with Gasteiger partial charge < -0.3 is 14.8 Å². The lowest BCUT2D eigenvalue weighted by Crippen LogP contribution is -2.17. The van der Waals surface area contributed by atoms with E-state index in [-0.39, 0.29) is 22.8 Å². The largest absolute Gasteiger partial charge is 0.493 e. The second-order valence-corrected chi connectivity index (χ2v) is 6.63. The van der Waals surface area contributed by atoms with Gasteiger partial charge in [0.05, 0.1) is 18.5 Å². The summed E-state index contributed by atoms with van der Waals surface area (Å²) in [6.45, 7) is -1.97. The maximum Gasteiger partial charge on any atom is 0.421 e. The van der Waals surface area contributed by atoms with Gasteiger partial charge in [0.2, 0.25) is 5.91 Å². The van der Waals surface area contributed by atoms with Gasteiger partial charge in [0, 0.05) is 11.6 Å². The Labute approximate surface area is 185 Å². The first kappa shape index (κ1) is 23.8. The van der Waals surface area contributed by atoms with Crippen molar-refractivity contribution in [1.82, 2.24) is 9.78 Å². The molecule has 0 aliphatic carbocycles. The SMILES string of the molecule is COc1cccc(/C=C/C(=O)Nc2c(C(F)(F)F)c(C)nn2-c2ccccc2)c1OC(F)F. The van der Waals surface area contributed by atoms with Gasteiger partial charge in [-0.2, -0.15) is 27.1 Å². The maximum absolute atomic E-state index is 13.7.